The molecule has 3 aromatic carbocycles. The molecule has 1 fully saturated rings. The number of methoxy groups -OCH3 is 1. The lowest BCUT2D eigenvalue weighted by Gasteiger charge is -2.30. The van der Waals surface area contributed by atoms with Gasteiger partial charge in [-0.2, -0.15) is 4.68 Å². The molecule has 0 bridgehead atoms. The topological polar surface area (TPSA) is 85.5 Å². The van der Waals surface area contributed by atoms with Gasteiger partial charge in [0.05, 0.1) is 17.7 Å². The first-order valence-corrected chi connectivity index (χ1v) is 14.6. The molecule has 2 heterocycles. The second-order valence-electron chi connectivity index (χ2n) is 8.65. The molecular formula is C26H26BrClN6O2S. The Hall–Kier alpha value is -2.79. The highest BCUT2D eigenvalue weighted by Gasteiger charge is 2.30. The fraction of sp³-hybridized carbons (Fsp3) is 0.269. The van der Waals surface area contributed by atoms with Crippen molar-refractivity contribution in [1.29, 1.82) is 0 Å². The first kappa shape index (κ1) is 25.8. The molecule has 11 heteroatoms. The minimum atomic E-state index is -3.00. The molecule has 0 amide bonds. The van der Waals surface area contributed by atoms with E-state index in [9.17, 15) is 4.21 Å². The molecule has 0 spiro atoms. The van der Waals surface area contributed by atoms with Crippen LogP contribution in [-0.4, -0.2) is 48.9 Å². The molecule has 1 aliphatic rings. The minimum absolute atomic E-state index is 0.453. The molecule has 0 radical (unpaired) electrons. The molecule has 4 aromatic rings. The van der Waals surface area contributed by atoms with Crippen molar-refractivity contribution in [2.75, 3.05) is 20.2 Å². The van der Waals surface area contributed by atoms with Gasteiger partial charge in [-0.3, -0.25) is 0 Å². The van der Waals surface area contributed by atoms with Crippen molar-refractivity contribution in [2.24, 2.45) is 4.36 Å². The monoisotopic (exact) mass is 600 g/mol. The van der Waals surface area contributed by atoms with E-state index in [1.807, 2.05) is 65.0 Å². The number of ether oxygens (including phenoxy) is 1. The molecule has 1 saturated heterocycles. The first-order valence-electron chi connectivity index (χ1n) is 11.9. The second-order valence-corrected chi connectivity index (χ2v) is 12.2. The number of nitrogens with zero attached hydrogens (tertiary/aromatic N) is 6. The summed E-state index contributed by atoms with van der Waals surface area (Å²) in [6.45, 7) is 1.41. The molecule has 2 atom stereocenters. The Labute approximate surface area is 230 Å². The lowest BCUT2D eigenvalue weighted by molar-refractivity contribution is 0.360. The third-order valence-electron chi connectivity index (χ3n) is 6.27. The second kappa shape index (κ2) is 11.3. The van der Waals surface area contributed by atoms with Crippen LogP contribution in [0.3, 0.4) is 0 Å². The molecular weight excluding hydrogens is 576 g/mol. The van der Waals surface area contributed by atoms with Crippen LogP contribution < -0.4 is 4.74 Å². The zero-order valence-corrected chi connectivity index (χ0v) is 23.4. The Bertz CT molecular complexity index is 1460. The van der Waals surface area contributed by atoms with Crippen LogP contribution >= 0.6 is 27.5 Å². The van der Waals surface area contributed by atoms with Gasteiger partial charge in [-0.1, -0.05) is 46.1 Å². The van der Waals surface area contributed by atoms with Gasteiger partial charge in [-0.05, 0) is 89.5 Å². The number of hydrogen-bond donors (Lipinski definition) is 0. The Morgan fingerprint density at radius 2 is 1.65 bits per heavy atom. The van der Waals surface area contributed by atoms with E-state index < -0.39 is 16.0 Å². The van der Waals surface area contributed by atoms with E-state index in [1.165, 1.54) is 0 Å². The van der Waals surface area contributed by atoms with Crippen LogP contribution in [0.5, 0.6) is 5.75 Å². The molecule has 2 unspecified atom stereocenters. The van der Waals surface area contributed by atoms with E-state index in [4.69, 9.17) is 20.7 Å². The van der Waals surface area contributed by atoms with Gasteiger partial charge in [0.25, 0.3) is 0 Å². The van der Waals surface area contributed by atoms with Crippen LogP contribution in [-0.2, 0) is 9.92 Å². The summed E-state index contributed by atoms with van der Waals surface area (Å²) in [5.41, 5.74) is 1.53. The molecule has 0 aliphatic carbocycles. The predicted molar refractivity (Wildman–Crippen MR) is 147 cm³/mol. The van der Waals surface area contributed by atoms with E-state index in [2.05, 4.69) is 31.5 Å². The molecule has 1 aliphatic heterocycles. The number of aromatic nitrogens is 4. The highest BCUT2D eigenvalue weighted by atomic mass is 79.9. The molecule has 5 rings (SSSR count). The normalized spacial score (nSPS) is 16.6. The van der Waals surface area contributed by atoms with Crippen LogP contribution in [0.1, 0.15) is 36.7 Å². The molecule has 0 N–H and O–H groups in total. The number of piperidine rings is 1. The molecule has 37 heavy (non-hydrogen) atoms. The Balaban J connectivity index is 1.71. The van der Waals surface area contributed by atoms with Crippen LogP contribution in [0.4, 0.5) is 0 Å². The number of tetrazole rings is 1. The van der Waals surface area contributed by atoms with Crippen molar-refractivity contribution >= 4 is 37.4 Å². The quantitative estimate of drug-likeness (QED) is 0.255. The Kier molecular flexibility index (Phi) is 7.89. The summed E-state index contributed by atoms with van der Waals surface area (Å²) < 4.78 is 29.9. The average molecular weight is 602 g/mol. The van der Waals surface area contributed by atoms with Crippen molar-refractivity contribution in [3.05, 3.63) is 93.7 Å². The van der Waals surface area contributed by atoms with Crippen molar-refractivity contribution < 1.29 is 8.95 Å². The Morgan fingerprint density at radius 3 is 2.30 bits per heavy atom. The maximum absolute atomic E-state index is 15.0. The standard InChI is InChI=1S/C26H26BrClN6O2S/c1-36-23-13-11-22(12-14-23)34-26(29-31-32-34)25(19-5-9-21(28)10-6-19)30-37(35,33-17-3-2-4-18-33)24-15-7-20(27)8-16-24/h5-16,25H,2-4,17-18H2,1H3. The van der Waals surface area contributed by atoms with E-state index in [-0.39, 0.29) is 0 Å². The number of benzene rings is 3. The molecule has 1 aromatic heterocycles. The lowest BCUT2D eigenvalue weighted by Crippen LogP contribution is -2.36. The molecule has 0 saturated carbocycles. The van der Waals surface area contributed by atoms with Crippen molar-refractivity contribution in [3.8, 4) is 11.4 Å². The van der Waals surface area contributed by atoms with Gasteiger partial charge >= 0.3 is 0 Å². The van der Waals surface area contributed by atoms with Crippen LogP contribution in [0.2, 0.25) is 5.02 Å². The van der Waals surface area contributed by atoms with Gasteiger partial charge in [0, 0.05) is 22.6 Å². The molecule has 192 valence electrons. The fourth-order valence-corrected chi connectivity index (χ4v) is 7.01. The van der Waals surface area contributed by atoms with Crippen molar-refractivity contribution in [2.45, 2.75) is 30.2 Å². The van der Waals surface area contributed by atoms with Gasteiger partial charge in [0.15, 0.2) is 5.82 Å². The third-order valence-corrected chi connectivity index (χ3v) is 9.50. The SMILES string of the molecule is COc1ccc(-n2nnnc2C(N=S(=O)(c2ccc(Br)cc2)N2CCCCC2)c2ccc(Cl)cc2)cc1. The predicted octanol–water partition coefficient (Wildman–Crippen LogP) is 6.10. The number of rotatable bonds is 7. The highest BCUT2D eigenvalue weighted by molar-refractivity contribution is 9.10. The lowest BCUT2D eigenvalue weighted by atomic mass is 10.1. The average Bonchev–Trinajstić information content (AvgIpc) is 3.43. The first-order chi connectivity index (χ1) is 18.0. The van der Waals surface area contributed by atoms with Gasteiger partial charge in [-0.15, -0.1) is 5.10 Å². The third kappa shape index (κ3) is 5.57. The van der Waals surface area contributed by atoms with Crippen molar-refractivity contribution in [1.82, 2.24) is 24.5 Å². The molecule has 8 nitrogen and oxygen atoms in total. The van der Waals surface area contributed by atoms with Crippen LogP contribution in [0.15, 0.2) is 86.5 Å². The zero-order chi connectivity index (χ0) is 25.8. The summed E-state index contributed by atoms with van der Waals surface area (Å²) in [5, 5.41) is 13.2. The van der Waals surface area contributed by atoms with E-state index >= 15 is 0 Å². The summed E-state index contributed by atoms with van der Waals surface area (Å²) in [6.07, 6.45) is 3.05. The maximum atomic E-state index is 15.0. The number of hydrogen-bond acceptors (Lipinski definition) is 6. The van der Waals surface area contributed by atoms with Crippen LogP contribution in [0.25, 0.3) is 5.69 Å². The summed E-state index contributed by atoms with van der Waals surface area (Å²) in [7, 11) is -1.39. The largest absolute Gasteiger partial charge is 0.497 e. The highest BCUT2D eigenvalue weighted by Crippen LogP contribution is 2.33. The van der Waals surface area contributed by atoms with Crippen LogP contribution in [0, 0.1) is 0 Å². The van der Waals surface area contributed by atoms with Gasteiger partial charge in [0.1, 0.15) is 21.7 Å². The minimum Gasteiger partial charge on any atom is -0.497 e. The van der Waals surface area contributed by atoms with E-state index in [1.54, 1.807) is 23.9 Å². The van der Waals surface area contributed by atoms with Gasteiger partial charge < -0.3 is 4.74 Å². The maximum Gasteiger partial charge on any atom is 0.186 e. The summed E-state index contributed by atoms with van der Waals surface area (Å²) in [5.74, 6) is 1.18. The summed E-state index contributed by atoms with van der Waals surface area (Å²) in [4.78, 5) is 0.653. The summed E-state index contributed by atoms with van der Waals surface area (Å²) >= 11 is 9.70. The Morgan fingerprint density at radius 1 is 0.973 bits per heavy atom. The zero-order valence-electron chi connectivity index (χ0n) is 20.2. The van der Waals surface area contributed by atoms with Gasteiger partial charge in [-0.25, -0.2) is 12.9 Å². The van der Waals surface area contributed by atoms with E-state index in [0.717, 1.165) is 40.7 Å². The fourth-order valence-electron chi connectivity index (χ4n) is 4.32. The van der Waals surface area contributed by atoms with Gasteiger partial charge in [0.2, 0.25) is 0 Å². The summed E-state index contributed by atoms with van der Waals surface area (Å²) in [6, 6.07) is 21.6. The van der Waals surface area contributed by atoms with E-state index in [0.29, 0.717) is 28.8 Å². The smallest absolute Gasteiger partial charge is 0.186 e. The number of halogens is 2. The van der Waals surface area contributed by atoms with Crippen molar-refractivity contribution in [3.63, 3.8) is 0 Å².